The van der Waals surface area contributed by atoms with Gasteiger partial charge in [-0.25, -0.2) is 0 Å². The van der Waals surface area contributed by atoms with Crippen LogP contribution in [0.5, 0.6) is 0 Å². The molecule has 1 saturated carbocycles. The quantitative estimate of drug-likeness (QED) is 0.744. The van der Waals surface area contributed by atoms with E-state index in [-0.39, 0.29) is 11.9 Å². The lowest BCUT2D eigenvalue weighted by atomic mass is 9.92. The number of hydrogen-bond donors (Lipinski definition) is 2. The summed E-state index contributed by atoms with van der Waals surface area (Å²) in [4.78, 5) is 21.3. The average molecular weight is 355 g/mol. The highest BCUT2D eigenvalue weighted by molar-refractivity contribution is 7.13. The molecular formula is C19H21N3O2S. The first kappa shape index (κ1) is 16.3. The van der Waals surface area contributed by atoms with E-state index >= 15 is 0 Å². The number of hydrogen-bond acceptors (Lipinski definition) is 4. The van der Waals surface area contributed by atoms with Gasteiger partial charge in [-0.3, -0.25) is 9.78 Å². The second-order valence-corrected chi connectivity index (χ2v) is 7.40. The lowest BCUT2D eigenvalue weighted by Gasteiger charge is -2.28. The molecular weight excluding hydrogens is 334 g/mol. The minimum absolute atomic E-state index is 0.0142. The van der Waals surface area contributed by atoms with Crippen molar-refractivity contribution in [2.45, 2.75) is 37.8 Å². The Kier molecular flexibility index (Phi) is 4.55. The van der Waals surface area contributed by atoms with Crippen molar-refractivity contribution in [3.05, 3.63) is 41.7 Å². The Morgan fingerprint density at radius 3 is 2.88 bits per heavy atom. The number of carbonyl (C=O) groups is 1. The molecule has 0 atom stereocenters. The third-order valence-corrected chi connectivity index (χ3v) is 5.79. The molecule has 1 aliphatic rings. The van der Waals surface area contributed by atoms with E-state index in [4.69, 9.17) is 4.74 Å². The molecule has 4 rings (SSSR count). The molecule has 0 aliphatic heterocycles. The zero-order valence-electron chi connectivity index (χ0n) is 14.1. The molecule has 6 heteroatoms. The van der Waals surface area contributed by atoms with Crippen LogP contribution in [0.3, 0.4) is 0 Å². The number of amides is 1. The van der Waals surface area contributed by atoms with Crippen molar-refractivity contribution in [3.8, 4) is 10.4 Å². The minimum atomic E-state index is -0.0142. The van der Waals surface area contributed by atoms with Crippen molar-refractivity contribution in [1.29, 1.82) is 0 Å². The number of carbonyl (C=O) groups excluding carboxylic acids is 1. The monoisotopic (exact) mass is 355 g/mol. The van der Waals surface area contributed by atoms with E-state index in [1.165, 1.54) is 0 Å². The number of rotatable bonds is 4. The Morgan fingerprint density at radius 1 is 1.32 bits per heavy atom. The van der Waals surface area contributed by atoms with E-state index in [1.807, 2.05) is 30.0 Å². The van der Waals surface area contributed by atoms with Gasteiger partial charge in [0.05, 0.1) is 27.6 Å². The lowest BCUT2D eigenvalue weighted by molar-refractivity contribution is 0.0599. The molecule has 3 aromatic rings. The van der Waals surface area contributed by atoms with Gasteiger partial charge >= 0.3 is 0 Å². The van der Waals surface area contributed by atoms with Crippen molar-refractivity contribution < 1.29 is 9.53 Å². The molecule has 2 N–H and O–H groups in total. The molecule has 0 bridgehead atoms. The summed E-state index contributed by atoms with van der Waals surface area (Å²) in [6, 6.07) is 6.28. The number of nitrogens with one attached hydrogen (secondary N) is 2. The third-order valence-electron chi connectivity index (χ3n) is 4.96. The molecule has 5 nitrogen and oxygen atoms in total. The number of aromatic amines is 1. The molecule has 0 radical (unpaired) electrons. The van der Waals surface area contributed by atoms with Gasteiger partial charge in [-0.1, -0.05) is 0 Å². The first-order valence-corrected chi connectivity index (χ1v) is 9.46. The standard InChI is InChI=1S/C19H21N3O2S/c1-24-15-4-2-14(3-5-15)22-19(23)16-9-13(17-10-20-11-25-17)8-12-6-7-21-18(12)16/h6-11,14-15,21H,2-5H2,1H3,(H,22,23). The van der Waals surface area contributed by atoms with Crippen LogP contribution in [-0.2, 0) is 4.74 Å². The van der Waals surface area contributed by atoms with Crippen LogP contribution < -0.4 is 5.32 Å². The Labute approximate surface area is 150 Å². The number of methoxy groups -OCH3 is 1. The van der Waals surface area contributed by atoms with Gasteiger partial charge in [-0.05, 0) is 49.4 Å². The summed E-state index contributed by atoms with van der Waals surface area (Å²) in [5, 5.41) is 4.25. The number of thiazole rings is 1. The summed E-state index contributed by atoms with van der Waals surface area (Å²) in [7, 11) is 1.76. The molecule has 0 spiro atoms. The molecule has 0 unspecified atom stereocenters. The Balaban J connectivity index is 1.59. The van der Waals surface area contributed by atoms with Gasteiger partial charge in [0.25, 0.3) is 5.91 Å². The number of ether oxygens (including phenoxy) is 1. The summed E-state index contributed by atoms with van der Waals surface area (Å²) in [5.74, 6) is -0.0142. The molecule has 2 aromatic heterocycles. The zero-order chi connectivity index (χ0) is 17.2. The van der Waals surface area contributed by atoms with Gasteiger partial charge in [0.1, 0.15) is 0 Å². The highest BCUT2D eigenvalue weighted by atomic mass is 32.1. The van der Waals surface area contributed by atoms with Crippen LogP contribution in [0.4, 0.5) is 0 Å². The van der Waals surface area contributed by atoms with E-state index in [0.29, 0.717) is 11.7 Å². The molecule has 1 amide bonds. The van der Waals surface area contributed by atoms with Crippen LogP contribution in [0.25, 0.3) is 21.3 Å². The maximum absolute atomic E-state index is 12.9. The van der Waals surface area contributed by atoms with Gasteiger partial charge in [0, 0.05) is 30.9 Å². The largest absolute Gasteiger partial charge is 0.381 e. The summed E-state index contributed by atoms with van der Waals surface area (Å²) in [6.07, 6.45) is 7.98. The summed E-state index contributed by atoms with van der Waals surface area (Å²) in [5.41, 5.74) is 4.42. The second-order valence-electron chi connectivity index (χ2n) is 6.51. The van der Waals surface area contributed by atoms with Crippen molar-refractivity contribution in [3.63, 3.8) is 0 Å². The van der Waals surface area contributed by atoms with Crippen molar-refractivity contribution >= 4 is 28.1 Å². The SMILES string of the molecule is COC1CCC(NC(=O)c2cc(-c3cncs3)cc3cc[nH]c23)CC1. The number of H-pyrrole nitrogens is 1. The van der Waals surface area contributed by atoms with Crippen molar-refractivity contribution in [1.82, 2.24) is 15.3 Å². The van der Waals surface area contributed by atoms with Crippen LogP contribution >= 0.6 is 11.3 Å². The van der Waals surface area contributed by atoms with Crippen LogP contribution in [0.15, 0.2) is 36.1 Å². The van der Waals surface area contributed by atoms with E-state index in [9.17, 15) is 4.79 Å². The highest BCUT2D eigenvalue weighted by Crippen LogP contribution is 2.30. The summed E-state index contributed by atoms with van der Waals surface area (Å²) < 4.78 is 5.41. The van der Waals surface area contributed by atoms with E-state index in [1.54, 1.807) is 18.4 Å². The molecule has 25 heavy (non-hydrogen) atoms. The fourth-order valence-electron chi connectivity index (χ4n) is 3.56. The number of nitrogens with zero attached hydrogens (tertiary/aromatic N) is 1. The normalized spacial score (nSPS) is 20.7. The minimum Gasteiger partial charge on any atom is -0.381 e. The molecule has 1 aromatic carbocycles. The van der Waals surface area contributed by atoms with E-state index in [0.717, 1.165) is 47.0 Å². The van der Waals surface area contributed by atoms with Gasteiger partial charge in [-0.15, -0.1) is 11.3 Å². The van der Waals surface area contributed by atoms with Gasteiger partial charge in [0.15, 0.2) is 0 Å². The smallest absolute Gasteiger partial charge is 0.253 e. The number of benzene rings is 1. The van der Waals surface area contributed by atoms with Crippen LogP contribution in [-0.4, -0.2) is 35.1 Å². The molecule has 130 valence electrons. The van der Waals surface area contributed by atoms with Crippen LogP contribution in [0, 0.1) is 0 Å². The fraction of sp³-hybridized carbons (Fsp3) is 0.368. The number of fused-ring (bicyclic) bond motifs is 1. The van der Waals surface area contributed by atoms with Crippen molar-refractivity contribution in [2.75, 3.05) is 7.11 Å². The summed E-state index contributed by atoms with van der Waals surface area (Å²) in [6.45, 7) is 0. The summed E-state index contributed by atoms with van der Waals surface area (Å²) >= 11 is 1.58. The first-order valence-electron chi connectivity index (χ1n) is 8.58. The van der Waals surface area contributed by atoms with E-state index in [2.05, 4.69) is 21.4 Å². The molecule has 2 heterocycles. The Hall–Kier alpha value is -2.18. The number of aromatic nitrogens is 2. The maximum Gasteiger partial charge on any atom is 0.253 e. The second kappa shape index (κ2) is 6.98. The van der Waals surface area contributed by atoms with Gasteiger partial charge < -0.3 is 15.0 Å². The van der Waals surface area contributed by atoms with Crippen LogP contribution in [0.2, 0.25) is 0 Å². The molecule has 1 aliphatic carbocycles. The first-order chi connectivity index (χ1) is 12.2. The lowest BCUT2D eigenvalue weighted by Crippen LogP contribution is -2.39. The molecule has 0 saturated heterocycles. The topological polar surface area (TPSA) is 67.0 Å². The predicted octanol–water partition coefficient (Wildman–Crippen LogP) is 3.98. The average Bonchev–Trinajstić information content (AvgIpc) is 3.32. The van der Waals surface area contributed by atoms with Gasteiger partial charge in [-0.2, -0.15) is 0 Å². The Bertz CT molecular complexity index is 864. The highest BCUT2D eigenvalue weighted by Gasteiger charge is 2.23. The van der Waals surface area contributed by atoms with Crippen LogP contribution in [0.1, 0.15) is 36.0 Å². The Morgan fingerprint density at radius 2 is 2.16 bits per heavy atom. The van der Waals surface area contributed by atoms with Crippen molar-refractivity contribution in [2.24, 2.45) is 0 Å². The predicted molar refractivity (Wildman–Crippen MR) is 99.9 cm³/mol. The molecule has 1 fully saturated rings. The fourth-order valence-corrected chi connectivity index (χ4v) is 4.17. The van der Waals surface area contributed by atoms with Gasteiger partial charge in [0.2, 0.25) is 0 Å². The maximum atomic E-state index is 12.9. The van der Waals surface area contributed by atoms with E-state index < -0.39 is 0 Å². The third kappa shape index (κ3) is 3.32. The zero-order valence-corrected chi connectivity index (χ0v) is 14.9.